The molecule has 0 aliphatic carbocycles. The van der Waals surface area contributed by atoms with E-state index in [1.807, 2.05) is 0 Å². The summed E-state index contributed by atoms with van der Waals surface area (Å²) in [6.45, 7) is 5.97. The third-order valence-electron chi connectivity index (χ3n) is 3.33. The Morgan fingerprint density at radius 1 is 1.36 bits per heavy atom. The summed E-state index contributed by atoms with van der Waals surface area (Å²) in [5.74, 6) is 0.668. The summed E-state index contributed by atoms with van der Waals surface area (Å²) in [4.78, 5) is 16.0. The SMILES string of the molecule is CC(C)CCOCCNC(=O)CSc1n[nH]c(-c2ccccc2F)n1. The number of ether oxygens (including phenoxy) is 1. The lowest BCUT2D eigenvalue weighted by Gasteiger charge is -2.07. The first-order valence-corrected chi connectivity index (χ1v) is 9.19. The molecule has 1 aromatic heterocycles. The summed E-state index contributed by atoms with van der Waals surface area (Å²) in [6, 6.07) is 6.32. The molecule has 0 fully saturated rings. The number of rotatable bonds is 10. The average molecular weight is 366 g/mol. The van der Waals surface area contributed by atoms with Crippen molar-refractivity contribution in [1.82, 2.24) is 20.5 Å². The van der Waals surface area contributed by atoms with E-state index in [1.54, 1.807) is 18.2 Å². The Kier molecular flexibility index (Phi) is 7.87. The number of amides is 1. The van der Waals surface area contributed by atoms with Crippen molar-refractivity contribution in [2.75, 3.05) is 25.5 Å². The zero-order valence-electron chi connectivity index (χ0n) is 14.4. The smallest absolute Gasteiger partial charge is 0.230 e. The molecule has 136 valence electrons. The number of H-pyrrole nitrogens is 1. The highest BCUT2D eigenvalue weighted by Gasteiger charge is 2.11. The summed E-state index contributed by atoms with van der Waals surface area (Å²) in [5.41, 5.74) is 0.352. The maximum Gasteiger partial charge on any atom is 0.230 e. The quantitative estimate of drug-likeness (QED) is 0.499. The summed E-state index contributed by atoms with van der Waals surface area (Å²) in [5, 5.41) is 9.87. The molecule has 2 rings (SSSR count). The Labute approximate surface area is 151 Å². The van der Waals surface area contributed by atoms with E-state index in [9.17, 15) is 9.18 Å². The molecule has 1 amide bonds. The highest BCUT2D eigenvalue weighted by molar-refractivity contribution is 7.99. The molecule has 2 N–H and O–H groups in total. The lowest BCUT2D eigenvalue weighted by Crippen LogP contribution is -2.28. The van der Waals surface area contributed by atoms with Gasteiger partial charge in [0.2, 0.25) is 11.1 Å². The van der Waals surface area contributed by atoms with Crippen molar-refractivity contribution in [3.05, 3.63) is 30.1 Å². The molecule has 0 aliphatic rings. The monoisotopic (exact) mass is 366 g/mol. The Hall–Kier alpha value is -1.93. The van der Waals surface area contributed by atoms with Gasteiger partial charge in [-0.05, 0) is 24.5 Å². The van der Waals surface area contributed by atoms with Crippen LogP contribution in [0.4, 0.5) is 4.39 Å². The van der Waals surface area contributed by atoms with Crippen molar-refractivity contribution < 1.29 is 13.9 Å². The molecule has 0 bridgehead atoms. The second kappa shape index (κ2) is 10.1. The predicted molar refractivity (Wildman–Crippen MR) is 95.8 cm³/mol. The molecule has 0 unspecified atom stereocenters. The number of carbonyl (C=O) groups excluding carboxylic acids is 1. The van der Waals surface area contributed by atoms with Gasteiger partial charge in [0, 0.05) is 13.2 Å². The van der Waals surface area contributed by atoms with Gasteiger partial charge in [-0.2, -0.15) is 0 Å². The molecule has 1 heterocycles. The van der Waals surface area contributed by atoms with Crippen LogP contribution in [0.2, 0.25) is 0 Å². The zero-order chi connectivity index (χ0) is 18.1. The molecule has 0 spiro atoms. The lowest BCUT2D eigenvalue weighted by molar-refractivity contribution is -0.118. The number of benzene rings is 1. The maximum absolute atomic E-state index is 13.7. The zero-order valence-corrected chi connectivity index (χ0v) is 15.2. The molecule has 0 saturated carbocycles. The number of carbonyl (C=O) groups is 1. The van der Waals surface area contributed by atoms with Gasteiger partial charge in [0.05, 0.1) is 17.9 Å². The third kappa shape index (κ3) is 6.83. The van der Waals surface area contributed by atoms with Gasteiger partial charge in [-0.15, -0.1) is 5.10 Å². The van der Waals surface area contributed by atoms with Crippen LogP contribution in [0.25, 0.3) is 11.4 Å². The van der Waals surface area contributed by atoms with Crippen LogP contribution in [-0.2, 0) is 9.53 Å². The molecular weight excluding hydrogens is 343 g/mol. The molecule has 0 aliphatic heterocycles. The van der Waals surface area contributed by atoms with Gasteiger partial charge in [0.25, 0.3) is 0 Å². The highest BCUT2D eigenvalue weighted by atomic mass is 32.2. The molecular formula is C17H23FN4O2S. The first-order valence-electron chi connectivity index (χ1n) is 8.21. The van der Waals surface area contributed by atoms with Crippen molar-refractivity contribution in [1.29, 1.82) is 0 Å². The predicted octanol–water partition coefficient (Wildman–Crippen LogP) is 2.88. The molecule has 1 aromatic carbocycles. The van der Waals surface area contributed by atoms with Crippen molar-refractivity contribution in [3.63, 3.8) is 0 Å². The molecule has 6 nitrogen and oxygen atoms in total. The van der Waals surface area contributed by atoms with Crippen LogP contribution in [0.5, 0.6) is 0 Å². The molecule has 0 radical (unpaired) electrons. The topological polar surface area (TPSA) is 79.9 Å². The number of halogens is 1. The van der Waals surface area contributed by atoms with E-state index in [2.05, 4.69) is 34.3 Å². The molecule has 2 aromatic rings. The van der Waals surface area contributed by atoms with E-state index in [0.717, 1.165) is 6.42 Å². The van der Waals surface area contributed by atoms with Crippen molar-refractivity contribution in [3.8, 4) is 11.4 Å². The summed E-state index contributed by atoms with van der Waals surface area (Å²) in [7, 11) is 0. The fourth-order valence-electron chi connectivity index (χ4n) is 1.95. The average Bonchev–Trinajstić information content (AvgIpc) is 3.05. The highest BCUT2D eigenvalue weighted by Crippen LogP contribution is 2.21. The molecule has 0 atom stereocenters. The Balaban J connectivity index is 1.68. The van der Waals surface area contributed by atoms with Crippen LogP contribution in [-0.4, -0.2) is 46.6 Å². The van der Waals surface area contributed by atoms with E-state index >= 15 is 0 Å². The van der Waals surface area contributed by atoms with E-state index in [-0.39, 0.29) is 17.5 Å². The van der Waals surface area contributed by atoms with E-state index in [4.69, 9.17) is 4.74 Å². The lowest BCUT2D eigenvalue weighted by atomic mass is 10.1. The third-order valence-corrected chi connectivity index (χ3v) is 4.18. The van der Waals surface area contributed by atoms with E-state index in [1.165, 1.54) is 17.8 Å². The molecule has 8 heteroatoms. The van der Waals surface area contributed by atoms with Crippen LogP contribution >= 0.6 is 11.8 Å². The van der Waals surface area contributed by atoms with Crippen molar-refractivity contribution in [2.45, 2.75) is 25.4 Å². The van der Waals surface area contributed by atoms with Gasteiger partial charge in [-0.3, -0.25) is 9.89 Å². The Bertz CT molecular complexity index is 678. The van der Waals surface area contributed by atoms with Crippen LogP contribution in [0.3, 0.4) is 0 Å². The van der Waals surface area contributed by atoms with Crippen LogP contribution in [0.15, 0.2) is 29.4 Å². The van der Waals surface area contributed by atoms with Gasteiger partial charge >= 0.3 is 0 Å². The first kappa shape index (κ1) is 19.4. The van der Waals surface area contributed by atoms with Gasteiger partial charge in [-0.25, -0.2) is 9.37 Å². The number of hydrogen-bond acceptors (Lipinski definition) is 5. The van der Waals surface area contributed by atoms with Gasteiger partial charge in [-0.1, -0.05) is 37.7 Å². The summed E-state index contributed by atoms with van der Waals surface area (Å²) in [6.07, 6.45) is 1.01. The Morgan fingerprint density at radius 3 is 2.92 bits per heavy atom. The van der Waals surface area contributed by atoms with Crippen LogP contribution in [0.1, 0.15) is 20.3 Å². The van der Waals surface area contributed by atoms with Gasteiger partial charge < -0.3 is 10.1 Å². The summed E-state index contributed by atoms with van der Waals surface area (Å²) >= 11 is 1.19. The molecule has 25 heavy (non-hydrogen) atoms. The fraction of sp³-hybridized carbons (Fsp3) is 0.471. The van der Waals surface area contributed by atoms with Crippen molar-refractivity contribution >= 4 is 17.7 Å². The number of aromatic amines is 1. The second-order valence-electron chi connectivity index (χ2n) is 5.88. The van der Waals surface area contributed by atoms with Crippen LogP contribution < -0.4 is 5.32 Å². The minimum Gasteiger partial charge on any atom is -0.380 e. The van der Waals surface area contributed by atoms with Crippen LogP contribution in [0, 0.1) is 11.7 Å². The van der Waals surface area contributed by atoms with E-state index in [0.29, 0.717) is 42.2 Å². The fourth-order valence-corrected chi connectivity index (χ4v) is 2.58. The summed E-state index contributed by atoms with van der Waals surface area (Å²) < 4.78 is 19.1. The normalized spacial score (nSPS) is 11.0. The first-order chi connectivity index (χ1) is 12.1. The van der Waals surface area contributed by atoms with Gasteiger partial charge in [0.1, 0.15) is 5.82 Å². The minimum absolute atomic E-state index is 0.116. The molecule has 0 saturated heterocycles. The van der Waals surface area contributed by atoms with Gasteiger partial charge in [0.15, 0.2) is 5.82 Å². The number of nitrogens with one attached hydrogen (secondary N) is 2. The largest absolute Gasteiger partial charge is 0.380 e. The standard InChI is InChI=1S/C17H23FN4O2S/c1-12(2)7-9-24-10-8-19-15(23)11-25-17-20-16(21-22-17)13-5-3-4-6-14(13)18/h3-6,12H,7-11H2,1-2H3,(H,19,23)(H,20,21,22). The Morgan fingerprint density at radius 2 is 2.16 bits per heavy atom. The number of aromatic nitrogens is 3. The number of hydrogen-bond donors (Lipinski definition) is 2. The minimum atomic E-state index is -0.370. The van der Waals surface area contributed by atoms with Crippen molar-refractivity contribution in [2.24, 2.45) is 5.92 Å². The number of thioether (sulfide) groups is 1. The second-order valence-corrected chi connectivity index (χ2v) is 6.82. The maximum atomic E-state index is 13.7. The number of nitrogens with zero attached hydrogens (tertiary/aromatic N) is 2. The van der Waals surface area contributed by atoms with E-state index < -0.39 is 0 Å².